The zero-order valence-electron chi connectivity index (χ0n) is 11.0. The van der Waals surface area contributed by atoms with Crippen molar-refractivity contribution in [1.82, 2.24) is 0 Å². The van der Waals surface area contributed by atoms with E-state index in [0.717, 1.165) is 12.8 Å². The van der Waals surface area contributed by atoms with Gasteiger partial charge in [0.15, 0.2) is 11.6 Å². The zero-order chi connectivity index (χ0) is 14.0. The van der Waals surface area contributed by atoms with Crippen molar-refractivity contribution in [3.05, 3.63) is 29.6 Å². The SMILES string of the molecule is CC1(C)CCC(COc2c(F)cccc2C(=O)O)O1. The first-order valence-electron chi connectivity index (χ1n) is 6.21. The van der Waals surface area contributed by atoms with Gasteiger partial charge in [-0.3, -0.25) is 0 Å². The van der Waals surface area contributed by atoms with Gasteiger partial charge in [-0.1, -0.05) is 6.07 Å². The lowest BCUT2D eigenvalue weighted by atomic mass is 10.1. The van der Waals surface area contributed by atoms with Gasteiger partial charge in [0.25, 0.3) is 0 Å². The Labute approximate surface area is 111 Å². The van der Waals surface area contributed by atoms with Crippen LogP contribution in [0.2, 0.25) is 0 Å². The molecule has 0 amide bonds. The van der Waals surface area contributed by atoms with Crippen molar-refractivity contribution in [2.75, 3.05) is 6.61 Å². The molecule has 1 saturated heterocycles. The fraction of sp³-hybridized carbons (Fsp3) is 0.500. The number of carbonyl (C=O) groups is 1. The first-order valence-corrected chi connectivity index (χ1v) is 6.21. The quantitative estimate of drug-likeness (QED) is 0.912. The first kappa shape index (κ1) is 13.8. The van der Waals surface area contributed by atoms with Gasteiger partial charge in [0.2, 0.25) is 0 Å². The molecule has 0 saturated carbocycles. The van der Waals surface area contributed by atoms with Crippen molar-refractivity contribution in [2.45, 2.75) is 38.4 Å². The van der Waals surface area contributed by atoms with E-state index in [9.17, 15) is 9.18 Å². The Bertz CT molecular complexity index is 484. The highest BCUT2D eigenvalue weighted by atomic mass is 19.1. The predicted octanol–water partition coefficient (Wildman–Crippen LogP) is 2.86. The summed E-state index contributed by atoms with van der Waals surface area (Å²) in [6, 6.07) is 3.85. The van der Waals surface area contributed by atoms with Gasteiger partial charge in [0.05, 0.1) is 11.7 Å². The van der Waals surface area contributed by atoms with Crippen molar-refractivity contribution in [2.24, 2.45) is 0 Å². The van der Waals surface area contributed by atoms with E-state index in [1.54, 1.807) is 0 Å². The summed E-state index contributed by atoms with van der Waals surface area (Å²) in [6.45, 7) is 4.13. The Morgan fingerprint density at radius 3 is 2.89 bits per heavy atom. The molecular formula is C14H17FO4. The Morgan fingerprint density at radius 1 is 1.58 bits per heavy atom. The van der Waals surface area contributed by atoms with Gasteiger partial charge in [-0.15, -0.1) is 0 Å². The van der Waals surface area contributed by atoms with Gasteiger partial charge in [-0.25, -0.2) is 9.18 Å². The second-order valence-electron chi connectivity index (χ2n) is 5.27. The van der Waals surface area contributed by atoms with Crippen molar-refractivity contribution in [3.63, 3.8) is 0 Å². The molecule has 5 heteroatoms. The number of ether oxygens (including phenoxy) is 2. The Hall–Kier alpha value is -1.62. The third-order valence-electron chi connectivity index (χ3n) is 3.17. The smallest absolute Gasteiger partial charge is 0.339 e. The molecular weight excluding hydrogens is 251 g/mol. The number of hydrogen-bond donors (Lipinski definition) is 1. The second-order valence-corrected chi connectivity index (χ2v) is 5.27. The molecule has 0 radical (unpaired) electrons. The van der Waals surface area contributed by atoms with E-state index in [2.05, 4.69) is 0 Å². The standard InChI is InChI=1S/C14H17FO4/c1-14(2)7-6-9(19-14)8-18-12-10(13(16)17)4-3-5-11(12)15/h3-5,9H,6-8H2,1-2H3,(H,16,17). The van der Waals surface area contributed by atoms with E-state index >= 15 is 0 Å². The van der Waals surface area contributed by atoms with Gasteiger partial charge < -0.3 is 14.6 Å². The maximum absolute atomic E-state index is 13.6. The third kappa shape index (κ3) is 3.23. The van der Waals surface area contributed by atoms with E-state index in [-0.39, 0.29) is 29.6 Å². The molecule has 1 N–H and O–H groups in total. The number of para-hydroxylation sites is 1. The summed E-state index contributed by atoms with van der Waals surface area (Å²) in [7, 11) is 0. The minimum Gasteiger partial charge on any atom is -0.487 e. The van der Waals surface area contributed by atoms with Gasteiger partial charge >= 0.3 is 5.97 Å². The molecule has 0 aliphatic carbocycles. The molecule has 1 fully saturated rings. The molecule has 1 aromatic carbocycles. The normalized spacial score (nSPS) is 21.3. The number of rotatable bonds is 4. The number of benzene rings is 1. The molecule has 0 spiro atoms. The molecule has 104 valence electrons. The lowest BCUT2D eigenvalue weighted by Crippen LogP contribution is -2.24. The molecule has 1 unspecified atom stereocenters. The van der Waals surface area contributed by atoms with Crippen LogP contribution in [0.5, 0.6) is 5.75 Å². The summed E-state index contributed by atoms with van der Waals surface area (Å²) in [5.74, 6) is -2.09. The number of halogens is 1. The van der Waals surface area contributed by atoms with Crippen molar-refractivity contribution in [3.8, 4) is 5.75 Å². The molecule has 1 heterocycles. The fourth-order valence-corrected chi connectivity index (χ4v) is 2.20. The molecule has 1 aliphatic rings. The maximum Gasteiger partial charge on any atom is 0.339 e. The molecule has 1 aliphatic heterocycles. The predicted molar refractivity (Wildman–Crippen MR) is 67.0 cm³/mol. The summed E-state index contributed by atoms with van der Waals surface area (Å²) in [6.07, 6.45) is 1.60. The highest BCUT2D eigenvalue weighted by molar-refractivity contribution is 5.90. The van der Waals surface area contributed by atoms with Gasteiger partial charge in [0, 0.05) is 0 Å². The summed E-state index contributed by atoms with van der Waals surface area (Å²) < 4.78 is 24.6. The van der Waals surface area contributed by atoms with E-state index in [0.29, 0.717) is 0 Å². The highest BCUT2D eigenvalue weighted by Crippen LogP contribution is 2.30. The van der Waals surface area contributed by atoms with Gasteiger partial charge in [-0.05, 0) is 38.8 Å². The lowest BCUT2D eigenvalue weighted by molar-refractivity contribution is -0.0332. The number of aromatic carboxylic acids is 1. The molecule has 1 aromatic rings. The molecule has 0 bridgehead atoms. The maximum atomic E-state index is 13.6. The Morgan fingerprint density at radius 2 is 2.32 bits per heavy atom. The van der Waals surface area contributed by atoms with E-state index in [1.165, 1.54) is 18.2 Å². The zero-order valence-corrected chi connectivity index (χ0v) is 11.0. The number of carboxylic acids is 1. The van der Waals surface area contributed by atoms with Crippen LogP contribution in [0, 0.1) is 5.82 Å². The van der Waals surface area contributed by atoms with E-state index in [4.69, 9.17) is 14.6 Å². The minimum absolute atomic E-state index is 0.128. The van der Waals surface area contributed by atoms with Crippen LogP contribution in [0.4, 0.5) is 4.39 Å². The van der Waals surface area contributed by atoms with Crippen LogP contribution in [0.3, 0.4) is 0 Å². The van der Waals surface area contributed by atoms with E-state index < -0.39 is 11.8 Å². The highest BCUT2D eigenvalue weighted by Gasteiger charge is 2.32. The van der Waals surface area contributed by atoms with Crippen LogP contribution in [0.1, 0.15) is 37.0 Å². The largest absolute Gasteiger partial charge is 0.487 e. The van der Waals surface area contributed by atoms with E-state index in [1.807, 2.05) is 13.8 Å². The molecule has 1 atom stereocenters. The van der Waals surface area contributed by atoms with Gasteiger partial charge in [0.1, 0.15) is 12.2 Å². The fourth-order valence-electron chi connectivity index (χ4n) is 2.20. The Kier molecular flexibility index (Phi) is 3.75. The molecule has 4 nitrogen and oxygen atoms in total. The van der Waals surface area contributed by atoms with Crippen LogP contribution in [-0.4, -0.2) is 29.4 Å². The number of carboxylic acid groups (broad SMARTS) is 1. The van der Waals surface area contributed by atoms with Crippen molar-refractivity contribution >= 4 is 5.97 Å². The van der Waals surface area contributed by atoms with Crippen LogP contribution in [0.25, 0.3) is 0 Å². The van der Waals surface area contributed by atoms with Crippen molar-refractivity contribution in [1.29, 1.82) is 0 Å². The van der Waals surface area contributed by atoms with Crippen LogP contribution in [0.15, 0.2) is 18.2 Å². The van der Waals surface area contributed by atoms with Crippen molar-refractivity contribution < 1.29 is 23.8 Å². The summed E-state index contributed by atoms with van der Waals surface area (Å²) in [5, 5.41) is 8.99. The molecule has 0 aromatic heterocycles. The average molecular weight is 268 g/mol. The molecule has 19 heavy (non-hydrogen) atoms. The van der Waals surface area contributed by atoms with Crippen LogP contribution in [-0.2, 0) is 4.74 Å². The first-order chi connectivity index (χ1) is 8.89. The number of hydrogen-bond acceptors (Lipinski definition) is 3. The lowest BCUT2D eigenvalue weighted by Gasteiger charge is -2.19. The van der Waals surface area contributed by atoms with Crippen LogP contribution < -0.4 is 4.74 Å². The average Bonchev–Trinajstić information content (AvgIpc) is 2.67. The second kappa shape index (κ2) is 5.17. The van der Waals surface area contributed by atoms with Crippen LogP contribution >= 0.6 is 0 Å². The summed E-state index contributed by atoms with van der Waals surface area (Å²) >= 11 is 0. The monoisotopic (exact) mass is 268 g/mol. The summed E-state index contributed by atoms with van der Waals surface area (Å²) in [4.78, 5) is 11.0. The Balaban J connectivity index is 2.06. The van der Waals surface area contributed by atoms with Gasteiger partial charge in [-0.2, -0.15) is 0 Å². The topological polar surface area (TPSA) is 55.8 Å². The summed E-state index contributed by atoms with van der Waals surface area (Å²) in [5.41, 5.74) is -0.365. The molecule has 2 rings (SSSR count). The minimum atomic E-state index is -1.21. The third-order valence-corrected chi connectivity index (χ3v) is 3.17.